The van der Waals surface area contributed by atoms with Gasteiger partial charge in [0.05, 0.1) is 4.88 Å². The summed E-state index contributed by atoms with van der Waals surface area (Å²) in [6, 6.07) is 8.42. The van der Waals surface area contributed by atoms with Crippen molar-refractivity contribution in [2.45, 2.75) is 63.4 Å². The first kappa shape index (κ1) is 22.4. The second-order valence-electron chi connectivity index (χ2n) is 8.81. The van der Waals surface area contributed by atoms with Crippen LogP contribution < -0.4 is 5.32 Å². The van der Waals surface area contributed by atoms with Crippen molar-refractivity contribution in [3.05, 3.63) is 52.1 Å². The van der Waals surface area contributed by atoms with Crippen LogP contribution in [0.2, 0.25) is 0 Å². The van der Waals surface area contributed by atoms with Crippen LogP contribution in [0.3, 0.4) is 0 Å². The first-order valence-corrected chi connectivity index (χ1v) is 12.1. The van der Waals surface area contributed by atoms with Gasteiger partial charge >= 0.3 is 0 Å². The summed E-state index contributed by atoms with van der Waals surface area (Å²) < 4.78 is 15.4. The van der Waals surface area contributed by atoms with E-state index in [1.54, 1.807) is 6.20 Å². The topological polar surface area (TPSA) is 64.2 Å². The van der Waals surface area contributed by atoms with Crippen LogP contribution in [0.25, 0.3) is 10.9 Å². The molecule has 5 nitrogen and oxygen atoms in total. The number of H-pyrrole nitrogens is 1. The zero-order chi connectivity index (χ0) is 21.8. The van der Waals surface area contributed by atoms with Crippen LogP contribution in [0.4, 0.5) is 4.39 Å². The van der Waals surface area contributed by atoms with Crippen LogP contribution in [0.5, 0.6) is 0 Å². The monoisotopic (exact) mass is 444 g/mol. The van der Waals surface area contributed by atoms with E-state index in [2.05, 4.69) is 51.5 Å². The lowest BCUT2D eigenvalue weighted by atomic mass is 9.94. The van der Waals surface area contributed by atoms with Crippen molar-refractivity contribution in [3.8, 4) is 0 Å². The third kappa shape index (κ3) is 5.17. The Kier molecular flexibility index (Phi) is 7.06. The number of alkyl halides is 1. The van der Waals surface area contributed by atoms with Gasteiger partial charge in [0, 0.05) is 55.3 Å². The lowest BCUT2D eigenvalue weighted by molar-refractivity contribution is 0.0671. The fourth-order valence-corrected chi connectivity index (χ4v) is 5.37. The van der Waals surface area contributed by atoms with E-state index in [0.717, 1.165) is 44.3 Å². The quantitative estimate of drug-likeness (QED) is 0.411. The van der Waals surface area contributed by atoms with E-state index in [0.29, 0.717) is 22.7 Å². The summed E-state index contributed by atoms with van der Waals surface area (Å²) in [6.45, 7) is 3.64. The van der Waals surface area contributed by atoms with E-state index < -0.39 is 11.9 Å². The largest absolute Gasteiger partial charge is 0.373 e. The summed E-state index contributed by atoms with van der Waals surface area (Å²) in [6.07, 6.45) is 7.76. The van der Waals surface area contributed by atoms with Crippen molar-refractivity contribution in [2.24, 2.45) is 0 Å². The first-order valence-electron chi connectivity index (χ1n) is 11.3. The number of hydrogen-bond donors (Lipinski definition) is 3. The van der Waals surface area contributed by atoms with Gasteiger partial charge in [-0.15, -0.1) is 11.3 Å². The maximum absolute atomic E-state index is 15.4. The molecule has 2 unspecified atom stereocenters. The average Bonchev–Trinajstić information content (AvgIpc) is 3.43. The number of fused-ring (bicyclic) bond motifs is 1. The highest BCUT2D eigenvalue weighted by atomic mass is 32.1. The van der Waals surface area contributed by atoms with Crippen LogP contribution >= 0.6 is 11.3 Å². The second-order valence-corrected chi connectivity index (χ2v) is 9.87. The summed E-state index contributed by atoms with van der Waals surface area (Å²) in [5.74, 6) is 0. The SMILES string of the molecule is CCCCC(Cc1c[nH]c2ccccc12)NC(O)c1cnc(C2(F)CCN(C)CC2)s1. The van der Waals surface area contributed by atoms with Gasteiger partial charge in [-0.1, -0.05) is 38.0 Å². The third-order valence-electron chi connectivity index (χ3n) is 6.40. The number of piperidine rings is 1. The smallest absolute Gasteiger partial charge is 0.164 e. The van der Waals surface area contributed by atoms with Gasteiger partial charge in [-0.25, -0.2) is 9.37 Å². The highest BCUT2D eigenvalue weighted by Gasteiger charge is 2.38. The minimum atomic E-state index is -1.37. The molecule has 2 aromatic heterocycles. The number of likely N-dealkylation sites (tertiary alicyclic amines) is 1. The molecule has 1 fully saturated rings. The molecule has 1 aliphatic rings. The number of aliphatic hydroxyl groups excluding tert-OH is 1. The number of hydrogen-bond acceptors (Lipinski definition) is 5. The van der Waals surface area contributed by atoms with Gasteiger partial charge in [0.1, 0.15) is 11.2 Å². The Hall–Kier alpha value is -1.80. The van der Waals surface area contributed by atoms with Crippen LogP contribution in [0, 0.1) is 0 Å². The van der Waals surface area contributed by atoms with Crippen molar-refractivity contribution >= 4 is 22.2 Å². The molecule has 0 aliphatic carbocycles. The molecular formula is C24H33FN4OS. The molecule has 3 aromatic rings. The Morgan fingerprint density at radius 3 is 2.87 bits per heavy atom. The first-order chi connectivity index (χ1) is 15.0. The predicted octanol–water partition coefficient (Wildman–Crippen LogP) is 4.90. The molecule has 1 aliphatic heterocycles. The van der Waals surface area contributed by atoms with E-state index >= 15 is 4.39 Å². The Labute approximate surface area is 187 Å². The molecule has 7 heteroatoms. The minimum Gasteiger partial charge on any atom is -0.373 e. The summed E-state index contributed by atoms with van der Waals surface area (Å²) in [5, 5.41) is 16.0. The highest BCUT2D eigenvalue weighted by Crippen LogP contribution is 2.39. The summed E-state index contributed by atoms with van der Waals surface area (Å²) >= 11 is 1.30. The molecule has 0 spiro atoms. The average molecular weight is 445 g/mol. The molecule has 0 bridgehead atoms. The molecule has 0 amide bonds. The van der Waals surface area contributed by atoms with Crippen LogP contribution in [-0.4, -0.2) is 46.2 Å². The van der Waals surface area contributed by atoms with Crippen molar-refractivity contribution in [3.63, 3.8) is 0 Å². The molecular weight excluding hydrogens is 411 g/mol. The van der Waals surface area contributed by atoms with Gasteiger partial charge in [0.2, 0.25) is 0 Å². The van der Waals surface area contributed by atoms with Crippen molar-refractivity contribution in [1.82, 2.24) is 20.2 Å². The number of aromatic amines is 1. The predicted molar refractivity (Wildman–Crippen MR) is 125 cm³/mol. The molecule has 4 rings (SSSR count). The normalized spacial score (nSPS) is 19.0. The Bertz CT molecular complexity index is 979. The number of para-hydroxylation sites is 1. The Morgan fingerprint density at radius 2 is 2.10 bits per heavy atom. The van der Waals surface area contributed by atoms with Crippen molar-refractivity contribution < 1.29 is 9.50 Å². The van der Waals surface area contributed by atoms with E-state index in [-0.39, 0.29) is 6.04 Å². The molecule has 0 saturated carbocycles. The number of nitrogens with one attached hydrogen (secondary N) is 2. The lowest BCUT2D eigenvalue weighted by Gasteiger charge is -2.32. The molecule has 2 atom stereocenters. The summed E-state index contributed by atoms with van der Waals surface area (Å²) in [5.41, 5.74) is 1.00. The van der Waals surface area contributed by atoms with Gasteiger partial charge in [-0.05, 0) is 31.5 Å². The number of benzene rings is 1. The van der Waals surface area contributed by atoms with Crippen LogP contribution in [0.1, 0.15) is 60.7 Å². The van der Waals surface area contributed by atoms with Crippen LogP contribution in [-0.2, 0) is 12.1 Å². The van der Waals surface area contributed by atoms with Gasteiger partial charge in [-0.2, -0.15) is 0 Å². The number of aliphatic hydroxyl groups is 1. The van der Waals surface area contributed by atoms with Gasteiger partial charge in [0.15, 0.2) is 5.67 Å². The van der Waals surface area contributed by atoms with Gasteiger partial charge < -0.3 is 15.0 Å². The molecule has 1 aromatic carbocycles. The number of halogens is 1. The highest BCUT2D eigenvalue weighted by molar-refractivity contribution is 7.11. The Balaban J connectivity index is 1.45. The second kappa shape index (κ2) is 9.77. The zero-order valence-corrected chi connectivity index (χ0v) is 19.2. The van der Waals surface area contributed by atoms with Gasteiger partial charge in [-0.3, -0.25) is 5.32 Å². The number of thiazole rings is 1. The number of unbranched alkanes of at least 4 members (excludes halogenated alkanes) is 1. The molecule has 1 saturated heterocycles. The van der Waals surface area contributed by atoms with Gasteiger partial charge in [0.25, 0.3) is 0 Å². The maximum Gasteiger partial charge on any atom is 0.164 e. The fourth-order valence-electron chi connectivity index (χ4n) is 4.37. The Morgan fingerprint density at radius 1 is 1.32 bits per heavy atom. The summed E-state index contributed by atoms with van der Waals surface area (Å²) in [7, 11) is 2.02. The van der Waals surface area contributed by atoms with E-state index in [1.807, 2.05) is 13.1 Å². The fraction of sp³-hybridized carbons (Fsp3) is 0.542. The lowest BCUT2D eigenvalue weighted by Crippen LogP contribution is -2.37. The standard InChI is InChI=1S/C24H33FN4OS/c1-3-4-7-18(14-17-15-26-20-9-6-5-8-19(17)20)28-22(30)21-16-27-23(31-21)24(25)10-12-29(2)13-11-24/h5-6,8-9,15-16,18,22,26,28,30H,3-4,7,10-14H2,1-2H3. The minimum absolute atomic E-state index is 0.127. The molecule has 31 heavy (non-hydrogen) atoms. The van der Waals surface area contributed by atoms with E-state index in [1.165, 1.54) is 22.3 Å². The molecule has 3 N–H and O–H groups in total. The molecule has 0 radical (unpaired) electrons. The third-order valence-corrected chi connectivity index (χ3v) is 7.63. The molecule has 168 valence electrons. The van der Waals surface area contributed by atoms with E-state index in [4.69, 9.17) is 0 Å². The van der Waals surface area contributed by atoms with Crippen molar-refractivity contribution in [2.75, 3.05) is 20.1 Å². The number of aromatic nitrogens is 2. The van der Waals surface area contributed by atoms with Crippen LogP contribution in [0.15, 0.2) is 36.7 Å². The number of nitrogens with zero attached hydrogens (tertiary/aromatic N) is 2. The number of rotatable bonds is 9. The van der Waals surface area contributed by atoms with Crippen molar-refractivity contribution in [1.29, 1.82) is 0 Å². The zero-order valence-electron chi connectivity index (χ0n) is 18.4. The van der Waals surface area contributed by atoms with E-state index in [9.17, 15) is 5.11 Å². The maximum atomic E-state index is 15.4. The molecule has 3 heterocycles. The summed E-state index contributed by atoms with van der Waals surface area (Å²) in [4.78, 5) is 10.5.